The smallest absolute Gasteiger partial charge is 0.220 e. The fraction of sp³-hybridized carbons (Fsp3) is 0.278. The summed E-state index contributed by atoms with van der Waals surface area (Å²) in [5, 5.41) is 2.87. The summed E-state index contributed by atoms with van der Waals surface area (Å²) in [5.41, 5.74) is 3.28. The van der Waals surface area contributed by atoms with Crippen LogP contribution >= 0.6 is 0 Å². The molecule has 0 heterocycles. The van der Waals surface area contributed by atoms with E-state index >= 15 is 0 Å². The molecule has 1 N–H and O–H groups in total. The number of nitrogens with one attached hydrogen (secondary N) is 1. The average molecular weight is 285 g/mol. The van der Waals surface area contributed by atoms with Crippen molar-refractivity contribution < 1.29 is 9.18 Å². The van der Waals surface area contributed by atoms with Crippen molar-refractivity contribution >= 4 is 5.91 Å². The van der Waals surface area contributed by atoms with Crippen LogP contribution in [-0.2, 0) is 17.6 Å². The Kier molecular flexibility index (Phi) is 5.50. The van der Waals surface area contributed by atoms with E-state index in [1.165, 1.54) is 23.3 Å². The van der Waals surface area contributed by atoms with E-state index < -0.39 is 0 Å². The van der Waals surface area contributed by atoms with Crippen LogP contribution in [0.3, 0.4) is 0 Å². The van der Waals surface area contributed by atoms with Crippen LogP contribution in [0.5, 0.6) is 0 Å². The van der Waals surface area contributed by atoms with E-state index in [0.29, 0.717) is 19.4 Å². The van der Waals surface area contributed by atoms with Gasteiger partial charge in [-0.05, 0) is 43.0 Å². The Labute approximate surface area is 125 Å². The molecule has 21 heavy (non-hydrogen) atoms. The normalized spacial score (nSPS) is 10.4. The zero-order chi connectivity index (χ0) is 15.1. The zero-order valence-electron chi connectivity index (χ0n) is 12.2. The highest BCUT2D eigenvalue weighted by Gasteiger charge is 2.02. The van der Waals surface area contributed by atoms with Gasteiger partial charge in [-0.1, -0.05) is 42.0 Å². The molecule has 2 aromatic carbocycles. The van der Waals surface area contributed by atoms with Gasteiger partial charge < -0.3 is 5.32 Å². The van der Waals surface area contributed by atoms with Gasteiger partial charge >= 0.3 is 0 Å². The van der Waals surface area contributed by atoms with Crippen LogP contribution in [0, 0.1) is 12.7 Å². The molecule has 3 heteroatoms. The molecule has 0 aliphatic heterocycles. The SMILES string of the molecule is Cc1cccc(CCC(=O)NCCc2cccc(F)c2)c1. The van der Waals surface area contributed by atoms with Gasteiger partial charge in [0.1, 0.15) is 5.82 Å². The van der Waals surface area contributed by atoms with Crippen molar-refractivity contribution in [2.75, 3.05) is 6.54 Å². The third-order valence-corrected chi connectivity index (χ3v) is 3.35. The van der Waals surface area contributed by atoms with E-state index in [1.54, 1.807) is 6.07 Å². The number of benzene rings is 2. The summed E-state index contributed by atoms with van der Waals surface area (Å²) in [6.07, 6.45) is 1.87. The second-order valence-electron chi connectivity index (χ2n) is 5.22. The van der Waals surface area contributed by atoms with Gasteiger partial charge in [-0.3, -0.25) is 4.79 Å². The lowest BCUT2D eigenvalue weighted by atomic mass is 10.1. The van der Waals surface area contributed by atoms with Crippen molar-refractivity contribution in [2.45, 2.75) is 26.2 Å². The maximum atomic E-state index is 13.0. The molecular formula is C18H20FNO. The summed E-state index contributed by atoms with van der Waals surface area (Å²) in [6, 6.07) is 14.6. The molecule has 0 spiro atoms. The summed E-state index contributed by atoms with van der Waals surface area (Å²) in [5.74, 6) is -0.203. The van der Waals surface area contributed by atoms with Crippen LogP contribution < -0.4 is 5.32 Å². The Morgan fingerprint density at radius 1 is 1.05 bits per heavy atom. The molecular weight excluding hydrogens is 265 g/mol. The van der Waals surface area contributed by atoms with E-state index in [1.807, 2.05) is 31.2 Å². The first kappa shape index (κ1) is 15.2. The molecule has 2 rings (SSSR count). The molecule has 0 unspecified atom stereocenters. The monoisotopic (exact) mass is 285 g/mol. The van der Waals surface area contributed by atoms with Gasteiger partial charge in [-0.15, -0.1) is 0 Å². The van der Waals surface area contributed by atoms with Crippen LogP contribution in [0.4, 0.5) is 4.39 Å². The number of hydrogen-bond donors (Lipinski definition) is 1. The highest BCUT2D eigenvalue weighted by molar-refractivity contribution is 5.76. The Morgan fingerprint density at radius 2 is 1.76 bits per heavy atom. The van der Waals surface area contributed by atoms with Crippen molar-refractivity contribution in [3.05, 3.63) is 71.0 Å². The van der Waals surface area contributed by atoms with Crippen molar-refractivity contribution in [1.29, 1.82) is 0 Å². The molecule has 0 radical (unpaired) electrons. The highest BCUT2D eigenvalue weighted by atomic mass is 19.1. The molecule has 110 valence electrons. The summed E-state index contributed by atoms with van der Waals surface area (Å²) < 4.78 is 13.0. The van der Waals surface area contributed by atoms with Crippen LogP contribution in [0.2, 0.25) is 0 Å². The average Bonchev–Trinajstić information content (AvgIpc) is 2.45. The first-order valence-corrected chi connectivity index (χ1v) is 7.20. The minimum atomic E-state index is -0.238. The maximum Gasteiger partial charge on any atom is 0.220 e. The number of hydrogen-bond acceptors (Lipinski definition) is 1. The number of amides is 1. The van der Waals surface area contributed by atoms with Crippen molar-refractivity contribution in [3.8, 4) is 0 Å². The molecule has 0 aliphatic rings. The molecule has 2 nitrogen and oxygen atoms in total. The molecule has 0 aliphatic carbocycles. The molecule has 0 saturated heterocycles. The summed E-state index contributed by atoms with van der Waals surface area (Å²) >= 11 is 0. The largest absolute Gasteiger partial charge is 0.356 e. The van der Waals surface area contributed by atoms with Gasteiger partial charge in [0.05, 0.1) is 0 Å². The summed E-state index contributed by atoms with van der Waals surface area (Å²) in [4.78, 5) is 11.8. The van der Waals surface area contributed by atoms with E-state index in [0.717, 1.165) is 12.0 Å². The number of rotatable bonds is 6. The number of carbonyl (C=O) groups is 1. The predicted octanol–water partition coefficient (Wildman–Crippen LogP) is 3.43. The predicted molar refractivity (Wildman–Crippen MR) is 82.6 cm³/mol. The molecule has 0 atom stereocenters. The van der Waals surface area contributed by atoms with Crippen molar-refractivity contribution in [2.24, 2.45) is 0 Å². The lowest BCUT2D eigenvalue weighted by Crippen LogP contribution is -2.25. The van der Waals surface area contributed by atoms with Gasteiger partial charge in [-0.2, -0.15) is 0 Å². The minimum absolute atomic E-state index is 0.0351. The first-order chi connectivity index (χ1) is 10.1. The number of aryl methyl sites for hydroxylation is 2. The third kappa shape index (κ3) is 5.38. The second-order valence-corrected chi connectivity index (χ2v) is 5.22. The molecule has 0 saturated carbocycles. The maximum absolute atomic E-state index is 13.0. The quantitative estimate of drug-likeness (QED) is 0.865. The third-order valence-electron chi connectivity index (χ3n) is 3.35. The minimum Gasteiger partial charge on any atom is -0.356 e. The molecule has 0 bridgehead atoms. The molecule has 1 amide bonds. The zero-order valence-corrected chi connectivity index (χ0v) is 12.2. The first-order valence-electron chi connectivity index (χ1n) is 7.20. The standard InChI is InChI=1S/C18H20FNO/c1-14-4-2-5-15(12-14)8-9-18(21)20-11-10-16-6-3-7-17(19)13-16/h2-7,12-13H,8-11H2,1H3,(H,20,21). The van der Waals surface area contributed by atoms with Crippen LogP contribution in [0.25, 0.3) is 0 Å². The van der Waals surface area contributed by atoms with E-state index in [2.05, 4.69) is 11.4 Å². The number of halogens is 1. The van der Waals surface area contributed by atoms with E-state index in [-0.39, 0.29) is 11.7 Å². The molecule has 0 fully saturated rings. The Hall–Kier alpha value is -2.16. The highest BCUT2D eigenvalue weighted by Crippen LogP contribution is 2.07. The van der Waals surface area contributed by atoms with E-state index in [9.17, 15) is 9.18 Å². The second kappa shape index (κ2) is 7.58. The van der Waals surface area contributed by atoms with Crippen molar-refractivity contribution in [1.82, 2.24) is 5.32 Å². The van der Waals surface area contributed by atoms with Gasteiger partial charge in [0.15, 0.2) is 0 Å². The Morgan fingerprint density at radius 3 is 2.48 bits per heavy atom. The fourth-order valence-electron chi connectivity index (χ4n) is 2.25. The number of carbonyl (C=O) groups excluding carboxylic acids is 1. The van der Waals surface area contributed by atoms with Crippen LogP contribution in [-0.4, -0.2) is 12.5 Å². The fourth-order valence-corrected chi connectivity index (χ4v) is 2.25. The Bertz CT molecular complexity index is 610. The Balaban J connectivity index is 1.70. The van der Waals surface area contributed by atoms with Gasteiger partial charge in [0.2, 0.25) is 5.91 Å². The molecule has 0 aromatic heterocycles. The van der Waals surface area contributed by atoms with Crippen LogP contribution in [0.15, 0.2) is 48.5 Å². The molecule has 2 aromatic rings. The summed E-state index contributed by atoms with van der Waals surface area (Å²) in [7, 11) is 0. The van der Waals surface area contributed by atoms with Gasteiger partial charge in [0.25, 0.3) is 0 Å². The van der Waals surface area contributed by atoms with E-state index in [4.69, 9.17) is 0 Å². The lowest BCUT2D eigenvalue weighted by Gasteiger charge is -2.06. The van der Waals surface area contributed by atoms with Crippen LogP contribution in [0.1, 0.15) is 23.1 Å². The summed E-state index contributed by atoms with van der Waals surface area (Å²) in [6.45, 7) is 2.58. The van der Waals surface area contributed by atoms with Gasteiger partial charge in [-0.25, -0.2) is 4.39 Å². The topological polar surface area (TPSA) is 29.1 Å². The van der Waals surface area contributed by atoms with Crippen molar-refractivity contribution in [3.63, 3.8) is 0 Å². The lowest BCUT2D eigenvalue weighted by molar-refractivity contribution is -0.121. The van der Waals surface area contributed by atoms with Gasteiger partial charge in [0, 0.05) is 13.0 Å².